The number of hydrogen-bond donors (Lipinski definition) is 3. The van der Waals surface area contributed by atoms with Crippen LogP contribution in [0.15, 0.2) is 24.3 Å². The molecule has 4 heteroatoms. The standard InChI is InChI=1S/C9H14N2O2/c10-5-8(12)6-13-9-3-1-2-7(11)4-9/h1-4,8,12H,5-6,10-11H2. The van der Waals surface area contributed by atoms with Crippen molar-refractivity contribution in [1.82, 2.24) is 0 Å². The molecule has 0 amide bonds. The first-order valence-electron chi connectivity index (χ1n) is 4.09. The van der Waals surface area contributed by atoms with E-state index in [-0.39, 0.29) is 13.2 Å². The molecule has 0 bridgehead atoms. The van der Waals surface area contributed by atoms with Crippen molar-refractivity contribution in [3.63, 3.8) is 0 Å². The molecule has 0 saturated carbocycles. The van der Waals surface area contributed by atoms with Gasteiger partial charge in [-0.2, -0.15) is 0 Å². The highest BCUT2D eigenvalue weighted by Gasteiger charge is 2.01. The molecule has 0 radical (unpaired) electrons. The van der Waals surface area contributed by atoms with Gasteiger partial charge in [0.15, 0.2) is 0 Å². The van der Waals surface area contributed by atoms with Crippen molar-refractivity contribution in [2.45, 2.75) is 6.10 Å². The fourth-order valence-corrected chi connectivity index (χ4v) is 0.865. The number of aliphatic hydroxyl groups excluding tert-OH is 1. The second-order valence-corrected chi connectivity index (χ2v) is 2.77. The molecular formula is C9H14N2O2. The Morgan fingerprint density at radius 3 is 2.85 bits per heavy atom. The van der Waals surface area contributed by atoms with Crippen molar-refractivity contribution in [3.05, 3.63) is 24.3 Å². The zero-order valence-electron chi connectivity index (χ0n) is 7.31. The largest absolute Gasteiger partial charge is 0.491 e. The Bertz CT molecular complexity index is 266. The molecule has 1 atom stereocenters. The minimum absolute atomic E-state index is 0.194. The van der Waals surface area contributed by atoms with Crippen LogP contribution in [-0.4, -0.2) is 24.4 Å². The molecule has 1 aromatic rings. The van der Waals surface area contributed by atoms with Crippen LogP contribution in [0.5, 0.6) is 5.75 Å². The van der Waals surface area contributed by atoms with Gasteiger partial charge in [-0.1, -0.05) is 6.07 Å². The van der Waals surface area contributed by atoms with Crippen LogP contribution >= 0.6 is 0 Å². The molecule has 0 spiro atoms. The van der Waals surface area contributed by atoms with Crippen molar-refractivity contribution in [1.29, 1.82) is 0 Å². The van der Waals surface area contributed by atoms with Gasteiger partial charge in [-0.15, -0.1) is 0 Å². The summed E-state index contributed by atoms with van der Waals surface area (Å²) in [6, 6.07) is 7.04. The van der Waals surface area contributed by atoms with E-state index < -0.39 is 6.10 Å². The summed E-state index contributed by atoms with van der Waals surface area (Å²) < 4.78 is 5.23. The van der Waals surface area contributed by atoms with Crippen LogP contribution in [0.3, 0.4) is 0 Å². The predicted molar refractivity (Wildman–Crippen MR) is 51.4 cm³/mol. The number of rotatable bonds is 4. The SMILES string of the molecule is NCC(O)COc1cccc(N)c1. The van der Waals surface area contributed by atoms with Crippen LogP contribution in [0.1, 0.15) is 0 Å². The topological polar surface area (TPSA) is 81.5 Å². The minimum atomic E-state index is -0.624. The Morgan fingerprint density at radius 1 is 1.46 bits per heavy atom. The van der Waals surface area contributed by atoms with Crippen LogP contribution in [0.25, 0.3) is 0 Å². The van der Waals surface area contributed by atoms with E-state index in [1.54, 1.807) is 24.3 Å². The van der Waals surface area contributed by atoms with E-state index in [2.05, 4.69) is 0 Å². The molecule has 4 nitrogen and oxygen atoms in total. The Labute approximate surface area is 77.1 Å². The summed E-state index contributed by atoms with van der Waals surface area (Å²) in [5, 5.41) is 9.11. The summed E-state index contributed by atoms with van der Waals surface area (Å²) in [4.78, 5) is 0. The van der Waals surface area contributed by atoms with Crippen LogP contribution in [0.4, 0.5) is 5.69 Å². The Hall–Kier alpha value is -1.26. The third-order valence-electron chi connectivity index (χ3n) is 1.57. The van der Waals surface area contributed by atoms with E-state index >= 15 is 0 Å². The van der Waals surface area contributed by atoms with Gasteiger partial charge in [0.05, 0.1) is 0 Å². The summed E-state index contributed by atoms with van der Waals surface area (Å²) >= 11 is 0. The van der Waals surface area contributed by atoms with E-state index in [0.29, 0.717) is 11.4 Å². The van der Waals surface area contributed by atoms with E-state index in [1.807, 2.05) is 0 Å². The lowest BCUT2D eigenvalue weighted by Gasteiger charge is -2.10. The lowest BCUT2D eigenvalue weighted by atomic mass is 10.3. The fraction of sp³-hybridized carbons (Fsp3) is 0.333. The zero-order chi connectivity index (χ0) is 9.68. The van der Waals surface area contributed by atoms with Crippen LogP contribution in [0, 0.1) is 0 Å². The average molecular weight is 182 g/mol. The lowest BCUT2D eigenvalue weighted by molar-refractivity contribution is 0.114. The number of nitrogen functional groups attached to an aromatic ring is 1. The van der Waals surface area contributed by atoms with E-state index in [1.165, 1.54) is 0 Å². The summed E-state index contributed by atoms with van der Waals surface area (Å²) in [5.41, 5.74) is 11.4. The van der Waals surface area contributed by atoms with Gasteiger partial charge >= 0.3 is 0 Å². The van der Waals surface area contributed by atoms with Crippen LogP contribution < -0.4 is 16.2 Å². The normalized spacial score (nSPS) is 12.5. The van der Waals surface area contributed by atoms with Crippen LogP contribution in [0.2, 0.25) is 0 Å². The number of nitrogens with two attached hydrogens (primary N) is 2. The van der Waals surface area contributed by atoms with Gasteiger partial charge in [0.1, 0.15) is 18.5 Å². The maximum atomic E-state index is 9.11. The summed E-state index contributed by atoms with van der Waals surface area (Å²) in [5.74, 6) is 0.646. The maximum Gasteiger partial charge on any atom is 0.121 e. The molecule has 0 heterocycles. The second kappa shape index (κ2) is 4.69. The summed E-state index contributed by atoms with van der Waals surface area (Å²) in [7, 11) is 0. The summed E-state index contributed by atoms with van der Waals surface area (Å²) in [6.07, 6.45) is -0.624. The van der Waals surface area contributed by atoms with Crippen LogP contribution in [-0.2, 0) is 0 Å². The highest BCUT2D eigenvalue weighted by molar-refractivity contribution is 5.43. The van der Waals surface area contributed by atoms with Crippen molar-refractivity contribution in [2.24, 2.45) is 5.73 Å². The number of hydrogen-bond acceptors (Lipinski definition) is 4. The van der Waals surface area contributed by atoms with E-state index in [9.17, 15) is 0 Å². The monoisotopic (exact) mass is 182 g/mol. The van der Waals surface area contributed by atoms with Gasteiger partial charge in [0.2, 0.25) is 0 Å². The molecule has 0 aliphatic rings. The summed E-state index contributed by atoms with van der Waals surface area (Å²) in [6.45, 7) is 0.391. The Morgan fingerprint density at radius 2 is 2.23 bits per heavy atom. The predicted octanol–water partition coefficient (Wildman–Crippen LogP) is -0.0328. The van der Waals surface area contributed by atoms with E-state index in [0.717, 1.165) is 0 Å². The molecular weight excluding hydrogens is 168 g/mol. The van der Waals surface area contributed by atoms with Gasteiger partial charge < -0.3 is 21.3 Å². The van der Waals surface area contributed by atoms with Crippen molar-refractivity contribution in [3.8, 4) is 5.75 Å². The quantitative estimate of drug-likeness (QED) is 0.571. The average Bonchev–Trinajstić information content (AvgIpc) is 2.14. The van der Waals surface area contributed by atoms with E-state index in [4.69, 9.17) is 21.3 Å². The molecule has 1 unspecified atom stereocenters. The fourth-order valence-electron chi connectivity index (χ4n) is 0.865. The van der Waals surface area contributed by atoms with Gasteiger partial charge in [0.25, 0.3) is 0 Å². The second-order valence-electron chi connectivity index (χ2n) is 2.77. The minimum Gasteiger partial charge on any atom is -0.491 e. The molecule has 0 saturated heterocycles. The first kappa shape index (κ1) is 9.83. The zero-order valence-corrected chi connectivity index (χ0v) is 7.31. The maximum absolute atomic E-state index is 9.11. The molecule has 13 heavy (non-hydrogen) atoms. The van der Waals surface area contributed by atoms with Gasteiger partial charge in [-0.05, 0) is 12.1 Å². The highest BCUT2D eigenvalue weighted by Crippen LogP contribution is 2.14. The Kier molecular flexibility index (Phi) is 3.54. The number of anilines is 1. The molecule has 0 aromatic heterocycles. The van der Waals surface area contributed by atoms with Crippen molar-refractivity contribution < 1.29 is 9.84 Å². The van der Waals surface area contributed by atoms with Crippen molar-refractivity contribution in [2.75, 3.05) is 18.9 Å². The third-order valence-corrected chi connectivity index (χ3v) is 1.57. The third kappa shape index (κ3) is 3.31. The molecule has 0 aliphatic heterocycles. The molecule has 0 aliphatic carbocycles. The number of benzene rings is 1. The molecule has 72 valence electrons. The van der Waals surface area contributed by atoms with Crippen molar-refractivity contribution >= 4 is 5.69 Å². The molecule has 5 N–H and O–H groups in total. The first-order valence-corrected chi connectivity index (χ1v) is 4.09. The lowest BCUT2D eigenvalue weighted by Crippen LogP contribution is -2.26. The smallest absolute Gasteiger partial charge is 0.121 e. The Balaban J connectivity index is 2.45. The molecule has 0 fully saturated rings. The molecule has 1 aromatic carbocycles. The number of ether oxygens (including phenoxy) is 1. The first-order chi connectivity index (χ1) is 6.22. The number of aliphatic hydroxyl groups is 1. The van der Waals surface area contributed by atoms with Gasteiger partial charge in [0, 0.05) is 18.3 Å². The molecule has 1 rings (SSSR count). The van der Waals surface area contributed by atoms with Gasteiger partial charge in [-0.3, -0.25) is 0 Å². The highest BCUT2D eigenvalue weighted by atomic mass is 16.5. The van der Waals surface area contributed by atoms with Gasteiger partial charge in [-0.25, -0.2) is 0 Å².